The standard InChI is InChI=1S/C22H34N2O6S/c1-13-10-15(25)11-14(2)16(13)12-18(24-21(28)30-22(3,4)5)19(26)23-17(8-9-31-7)20(27)29-6/h10-11,17-18,25H,8-9,12H2,1-7H3,(H,23,26)(H,24,28)/t17-,18?/m1/s1. The maximum absolute atomic E-state index is 13.1. The summed E-state index contributed by atoms with van der Waals surface area (Å²) in [5.74, 6) is -0.285. The second-order valence-corrected chi connectivity index (χ2v) is 9.31. The number of esters is 1. The van der Waals surface area contributed by atoms with Gasteiger partial charge >= 0.3 is 12.1 Å². The van der Waals surface area contributed by atoms with Crippen molar-refractivity contribution in [2.24, 2.45) is 0 Å². The first-order valence-corrected chi connectivity index (χ1v) is 11.4. The van der Waals surface area contributed by atoms with Crippen molar-refractivity contribution in [1.29, 1.82) is 0 Å². The van der Waals surface area contributed by atoms with Gasteiger partial charge in [0.05, 0.1) is 7.11 Å². The van der Waals surface area contributed by atoms with Crippen LogP contribution in [0, 0.1) is 13.8 Å². The van der Waals surface area contributed by atoms with Crippen LogP contribution in [0.1, 0.15) is 43.9 Å². The lowest BCUT2D eigenvalue weighted by Crippen LogP contribution is -2.53. The van der Waals surface area contributed by atoms with Crippen LogP contribution in [-0.4, -0.2) is 59.9 Å². The molecule has 2 amide bonds. The molecule has 1 aromatic rings. The van der Waals surface area contributed by atoms with Crippen molar-refractivity contribution in [3.8, 4) is 5.75 Å². The summed E-state index contributed by atoms with van der Waals surface area (Å²) < 4.78 is 10.1. The summed E-state index contributed by atoms with van der Waals surface area (Å²) >= 11 is 1.55. The van der Waals surface area contributed by atoms with E-state index in [2.05, 4.69) is 10.6 Å². The number of amides is 2. The molecular weight excluding hydrogens is 420 g/mol. The van der Waals surface area contributed by atoms with E-state index in [9.17, 15) is 19.5 Å². The first-order chi connectivity index (χ1) is 14.4. The van der Waals surface area contributed by atoms with Crippen LogP contribution in [-0.2, 0) is 25.5 Å². The van der Waals surface area contributed by atoms with Crippen molar-refractivity contribution >= 4 is 29.7 Å². The fraction of sp³-hybridized carbons (Fsp3) is 0.591. The van der Waals surface area contributed by atoms with Gasteiger partial charge in [0, 0.05) is 6.42 Å². The smallest absolute Gasteiger partial charge is 0.408 e. The third kappa shape index (κ3) is 9.08. The van der Waals surface area contributed by atoms with E-state index >= 15 is 0 Å². The molecule has 3 N–H and O–H groups in total. The van der Waals surface area contributed by atoms with Gasteiger partial charge in [-0.05, 0) is 81.9 Å². The number of carbonyl (C=O) groups is 3. The second-order valence-electron chi connectivity index (χ2n) is 8.33. The molecule has 0 fully saturated rings. The number of carbonyl (C=O) groups excluding carboxylic acids is 3. The van der Waals surface area contributed by atoms with Crippen molar-refractivity contribution < 1.29 is 29.0 Å². The molecule has 0 aromatic heterocycles. The number of ether oxygens (including phenoxy) is 2. The SMILES string of the molecule is COC(=O)[C@@H](CCSC)NC(=O)C(Cc1c(C)cc(O)cc1C)NC(=O)OC(C)(C)C. The van der Waals surface area contributed by atoms with Gasteiger partial charge in [-0.15, -0.1) is 0 Å². The second kappa shape index (κ2) is 11.8. The quantitative estimate of drug-likeness (QED) is 0.492. The highest BCUT2D eigenvalue weighted by atomic mass is 32.2. The van der Waals surface area contributed by atoms with Crippen LogP contribution in [0.3, 0.4) is 0 Å². The molecule has 0 aliphatic rings. The first kappa shape index (κ1) is 26.6. The summed E-state index contributed by atoms with van der Waals surface area (Å²) in [7, 11) is 1.26. The number of phenolic OH excluding ortho intramolecular Hbond substituents is 1. The fourth-order valence-electron chi connectivity index (χ4n) is 3.05. The van der Waals surface area contributed by atoms with E-state index in [1.807, 2.05) is 20.1 Å². The van der Waals surface area contributed by atoms with Gasteiger partial charge in [0.1, 0.15) is 23.4 Å². The lowest BCUT2D eigenvalue weighted by molar-refractivity contribution is -0.145. The zero-order valence-corrected chi connectivity index (χ0v) is 20.1. The lowest BCUT2D eigenvalue weighted by atomic mass is 9.95. The van der Waals surface area contributed by atoms with Crippen molar-refractivity contribution in [2.45, 2.75) is 65.1 Å². The van der Waals surface area contributed by atoms with E-state index < -0.39 is 35.7 Å². The minimum Gasteiger partial charge on any atom is -0.508 e. The number of aromatic hydroxyl groups is 1. The van der Waals surface area contributed by atoms with E-state index in [0.29, 0.717) is 12.2 Å². The highest BCUT2D eigenvalue weighted by Gasteiger charge is 2.29. The first-order valence-electron chi connectivity index (χ1n) is 10.0. The largest absolute Gasteiger partial charge is 0.508 e. The van der Waals surface area contributed by atoms with Gasteiger partial charge < -0.3 is 25.2 Å². The maximum atomic E-state index is 13.1. The molecule has 31 heavy (non-hydrogen) atoms. The topological polar surface area (TPSA) is 114 Å². The number of alkyl carbamates (subject to hydrolysis) is 1. The lowest BCUT2D eigenvalue weighted by Gasteiger charge is -2.25. The summed E-state index contributed by atoms with van der Waals surface area (Å²) in [5, 5.41) is 15.1. The average molecular weight is 455 g/mol. The van der Waals surface area contributed by atoms with E-state index in [4.69, 9.17) is 9.47 Å². The van der Waals surface area contributed by atoms with Crippen LogP contribution in [0.4, 0.5) is 4.79 Å². The molecule has 1 aromatic carbocycles. The van der Waals surface area contributed by atoms with Crippen molar-refractivity contribution in [3.05, 3.63) is 28.8 Å². The third-order valence-corrected chi connectivity index (χ3v) is 5.15. The Morgan fingerprint density at radius 2 is 1.68 bits per heavy atom. The van der Waals surface area contributed by atoms with Gasteiger partial charge in [-0.25, -0.2) is 9.59 Å². The molecule has 0 spiro atoms. The number of hydrogen-bond donors (Lipinski definition) is 3. The highest BCUT2D eigenvalue weighted by molar-refractivity contribution is 7.98. The number of benzene rings is 1. The predicted molar refractivity (Wildman–Crippen MR) is 121 cm³/mol. The molecule has 0 saturated carbocycles. The van der Waals surface area contributed by atoms with Crippen LogP contribution in [0.5, 0.6) is 5.75 Å². The Morgan fingerprint density at radius 3 is 2.16 bits per heavy atom. The normalized spacial score (nSPS) is 13.1. The maximum Gasteiger partial charge on any atom is 0.408 e. The van der Waals surface area contributed by atoms with Crippen LogP contribution >= 0.6 is 11.8 Å². The number of hydrogen-bond acceptors (Lipinski definition) is 7. The summed E-state index contributed by atoms with van der Waals surface area (Å²) in [6, 6.07) is 1.38. The molecule has 0 aliphatic carbocycles. The summed E-state index contributed by atoms with van der Waals surface area (Å²) in [6.45, 7) is 8.82. The van der Waals surface area contributed by atoms with Gasteiger partial charge in [0.15, 0.2) is 0 Å². The third-order valence-electron chi connectivity index (χ3n) is 4.51. The summed E-state index contributed by atoms with van der Waals surface area (Å²) in [6.07, 6.45) is 1.73. The van der Waals surface area contributed by atoms with Gasteiger partial charge in [-0.3, -0.25) is 4.79 Å². The molecule has 0 saturated heterocycles. The number of phenols is 1. The van der Waals surface area contributed by atoms with Crippen molar-refractivity contribution in [2.75, 3.05) is 19.1 Å². The summed E-state index contributed by atoms with van der Waals surface area (Å²) in [5.41, 5.74) is 1.65. The van der Waals surface area contributed by atoms with Crippen molar-refractivity contribution in [3.63, 3.8) is 0 Å². The van der Waals surface area contributed by atoms with E-state index in [1.165, 1.54) is 7.11 Å². The Morgan fingerprint density at radius 1 is 1.10 bits per heavy atom. The van der Waals surface area contributed by atoms with Gasteiger partial charge in [0.25, 0.3) is 0 Å². The van der Waals surface area contributed by atoms with Crippen molar-refractivity contribution in [1.82, 2.24) is 10.6 Å². The van der Waals surface area contributed by atoms with E-state index in [-0.39, 0.29) is 12.2 Å². The van der Waals surface area contributed by atoms with Gasteiger partial charge in [0.2, 0.25) is 5.91 Å². The Balaban J connectivity index is 3.15. The van der Waals surface area contributed by atoms with Gasteiger partial charge in [-0.1, -0.05) is 0 Å². The fourth-order valence-corrected chi connectivity index (χ4v) is 3.53. The Labute approximate surface area is 188 Å². The Kier molecular flexibility index (Phi) is 10.2. The van der Waals surface area contributed by atoms with Crippen LogP contribution in [0.15, 0.2) is 12.1 Å². The molecule has 9 heteroatoms. The molecular formula is C22H34N2O6S. The monoisotopic (exact) mass is 454 g/mol. The van der Waals surface area contributed by atoms with Gasteiger partial charge in [-0.2, -0.15) is 11.8 Å². The molecule has 1 unspecified atom stereocenters. The Bertz CT molecular complexity index is 768. The number of aryl methyl sites for hydroxylation is 2. The predicted octanol–water partition coefficient (Wildman–Crippen LogP) is 2.86. The molecule has 8 nitrogen and oxygen atoms in total. The Hall–Kier alpha value is -2.42. The van der Waals surface area contributed by atoms with Crippen LogP contribution in [0.2, 0.25) is 0 Å². The van der Waals surface area contributed by atoms with E-state index in [1.54, 1.807) is 44.7 Å². The number of thioether (sulfide) groups is 1. The summed E-state index contributed by atoms with van der Waals surface area (Å²) in [4.78, 5) is 37.6. The zero-order valence-electron chi connectivity index (χ0n) is 19.3. The van der Waals surface area contributed by atoms with Crippen LogP contribution < -0.4 is 10.6 Å². The zero-order chi connectivity index (χ0) is 23.8. The molecule has 1 rings (SSSR count). The number of nitrogens with one attached hydrogen (secondary N) is 2. The molecule has 0 radical (unpaired) electrons. The highest BCUT2D eigenvalue weighted by Crippen LogP contribution is 2.22. The molecule has 2 atom stereocenters. The number of methoxy groups -OCH3 is 1. The van der Waals surface area contributed by atoms with E-state index in [0.717, 1.165) is 16.7 Å². The minimum atomic E-state index is -0.988. The molecule has 0 bridgehead atoms. The minimum absolute atomic E-state index is 0.127. The molecule has 0 heterocycles. The average Bonchev–Trinajstić information content (AvgIpc) is 2.64. The van der Waals surface area contributed by atoms with Crippen LogP contribution in [0.25, 0.3) is 0 Å². The molecule has 0 aliphatic heterocycles. The number of rotatable bonds is 9. The molecule has 174 valence electrons.